The van der Waals surface area contributed by atoms with Crippen molar-refractivity contribution in [1.29, 1.82) is 0 Å². The highest BCUT2D eigenvalue weighted by atomic mass is 32.2. The van der Waals surface area contributed by atoms with Crippen molar-refractivity contribution in [3.05, 3.63) is 0 Å². The summed E-state index contributed by atoms with van der Waals surface area (Å²) in [6, 6.07) is 0. The Balaban J connectivity index is 2.06. The first-order valence-electron chi connectivity index (χ1n) is 4.91. The van der Waals surface area contributed by atoms with E-state index in [1.807, 2.05) is 11.8 Å². The maximum Gasteiger partial charge on any atom is 0.130 e. The van der Waals surface area contributed by atoms with E-state index in [1.54, 1.807) is 6.92 Å². The van der Waals surface area contributed by atoms with Crippen molar-refractivity contribution in [2.24, 2.45) is 0 Å². The van der Waals surface area contributed by atoms with E-state index in [9.17, 15) is 4.79 Å². The largest absolute Gasteiger partial charge is 0.377 e. The minimum Gasteiger partial charge on any atom is -0.377 e. The van der Waals surface area contributed by atoms with Crippen molar-refractivity contribution in [3.8, 4) is 0 Å². The number of carbonyl (C=O) groups excluding carboxylic acids is 1. The van der Waals surface area contributed by atoms with Gasteiger partial charge >= 0.3 is 0 Å². The monoisotopic (exact) mass is 202 g/mol. The molecule has 1 aliphatic heterocycles. The van der Waals surface area contributed by atoms with Crippen LogP contribution in [-0.2, 0) is 9.53 Å². The molecular weight excluding hydrogens is 184 g/mol. The van der Waals surface area contributed by atoms with Gasteiger partial charge in [-0.3, -0.25) is 4.79 Å². The molecule has 0 spiro atoms. The molecule has 0 N–H and O–H groups in total. The van der Waals surface area contributed by atoms with Crippen LogP contribution in [0.1, 0.15) is 33.1 Å². The molecular formula is C10H18O2S. The van der Waals surface area contributed by atoms with E-state index in [0.717, 1.165) is 12.4 Å². The molecule has 2 nitrogen and oxygen atoms in total. The second-order valence-electron chi connectivity index (χ2n) is 3.69. The topological polar surface area (TPSA) is 26.3 Å². The first kappa shape index (κ1) is 11.1. The Morgan fingerprint density at radius 2 is 2.46 bits per heavy atom. The minimum atomic E-state index is 0.285. The number of rotatable bonds is 5. The average Bonchev–Trinajstić information content (AvgIpc) is 2.51. The van der Waals surface area contributed by atoms with Crippen LogP contribution in [0.5, 0.6) is 0 Å². The lowest BCUT2D eigenvalue weighted by molar-refractivity contribution is -0.116. The number of ketones is 1. The number of hydrogen-bond acceptors (Lipinski definition) is 3. The summed E-state index contributed by atoms with van der Waals surface area (Å²) >= 11 is 1.86. The first-order valence-corrected chi connectivity index (χ1v) is 5.96. The molecule has 1 fully saturated rings. The second-order valence-corrected chi connectivity index (χ2v) is 5.16. The summed E-state index contributed by atoms with van der Waals surface area (Å²) in [7, 11) is 0. The second kappa shape index (κ2) is 5.66. The van der Waals surface area contributed by atoms with Crippen molar-refractivity contribution < 1.29 is 9.53 Å². The van der Waals surface area contributed by atoms with Crippen molar-refractivity contribution in [3.63, 3.8) is 0 Å². The zero-order valence-corrected chi connectivity index (χ0v) is 9.23. The Morgan fingerprint density at radius 3 is 3.00 bits per heavy atom. The van der Waals surface area contributed by atoms with Crippen LogP contribution in [0, 0.1) is 0 Å². The summed E-state index contributed by atoms with van der Waals surface area (Å²) in [6.07, 6.45) is 3.53. The van der Waals surface area contributed by atoms with Gasteiger partial charge in [0.15, 0.2) is 0 Å². The molecule has 0 amide bonds. The van der Waals surface area contributed by atoms with E-state index < -0.39 is 0 Å². The van der Waals surface area contributed by atoms with E-state index in [-0.39, 0.29) is 5.78 Å². The Kier molecular flexibility index (Phi) is 4.81. The van der Waals surface area contributed by atoms with Gasteiger partial charge in [0.1, 0.15) is 5.78 Å². The fourth-order valence-corrected chi connectivity index (χ4v) is 2.67. The van der Waals surface area contributed by atoms with Crippen LogP contribution in [0.25, 0.3) is 0 Å². The summed E-state index contributed by atoms with van der Waals surface area (Å²) in [6.45, 7) is 4.69. The van der Waals surface area contributed by atoms with Crippen LogP contribution < -0.4 is 0 Å². The highest BCUT2D eigenvalue weighted by molar-refractivity contribution is 7.99. The molecule has 2 atom stereocenters. The van der Waals surface area contributed by atoms with Crippen molar-refractivity contribution >= 4 is 17.5 Å². The van der Waals surface area contributed by atoms with Gasteiger partial charge in [0.2, 0.25) is 0 Å². The van der Waals surface area contributed by atoms with Crippen LogP contribution in [0.4, 0.5) is 0 Å². The maximum atomic E-state index is 10.8. The molecule has 76 valence electrons. The van der Waals surface area contributed by atoms with Crippen LogP contribution in [0.15, 0.2) is 0 Å². The van der Waals surface area contributed by atoms with Crippen LogP contribution in [0.3, 0.4) is 0 Å². The van der Waals surface area contributed by atoms with E-state index in [4.69, 9.17) is 4.74 Å². The van der Waals surface area contributed by atoms with E-state index in [2.05, 4.69) is 6.92 Å². The highest BCUT2D eigenvalue weighted by Gasteiger charge is 2.16. The number of Topliss-reactive ketones (excluding diaryl/α,β-unsaturated/α-hetero) is 1. The summed E-state index contributed by atoms with van der Waals surface area (Å²) in [5.41, 5.74) is 0. The number of carbonyl (C=O) groups is 1. The van der Waals surface area contributed by atoms with Gasteiger partial charge in [-0.1, -0.05) is 6.92 Å². The third kappa shape index (κ3) is 4.67. The van der Waals surface area contributed by atoms with Crippen LogP contribution >= 0.6 is 11.8 Å². The van der Waals surface area contributed by atoms with Gasteiger partial charge < -0.3 is 4.74 Å². The van der Waals surface area contributed by atoms with Crippen LogP contribution in [0.2, 0.25) is 0 Å². The summed E-state index contributed by atoms with van der Waals surface area (Å²) in [5, 5.41) is 0.446. The fraction of sp³-hybridized carbons (Fsp3) is 0.900. The maximum absolute atomic E-state index is 10.8. The molecule has 1 heterocycles. The number of hydrogen-bond donors (Lipinski definition) is 0. The SMILES string of the molecule is CC(=O)CC(C)SCC1CCCO1. The van der Waals surface area contributed by atoms with Gasteiger partial charge in [0.05, 0.1) is 6.10 Å². The van der Waals surface area contributed by atoms with Crippen LogP contribution in [-0.4, -0.2) is 29.5 Å². The summed E-state index contributed by atoms with van der Waals surface area (Å²) in [5.74, 6) is 1.33. The molecule has 0 saturated carbocycles. The molecule has 2 unspecified atom stereocenters. The Morgan fingerprint density at radius 1 is 1.69 bits per heavy atom. The first-order chi connectivity index (χ1) is 6.18. The molecule has 1 saturated heterocycles. The average molecular weight is 202 g/mol. The van der Waals surface area contributed by atoms with Gasteiger partial charge in [-0.25, -0.2) is 0 Å². The Hall–Kier alpha value is -0.0200. The lowest BCUT2D eigenvalue weighted by Crippen LogP contribution is -2.12. The Bertz CT molecular complexity index is 164. The molecule has 0 radical (unpaired) electrons. The molecule has 0 bridgehead atoms. The molecule has 3 heteroatoms. The quantitative estimate of drug-likeness (QED) is 0.684. The van der Waals surface area contributed by atoms with Gasteiger partial charge in [-0.15, -0.1) is 0 Å². The third-order valence-electron chi connectivity index (χ3n) is 2.17. The lowest BCUT2D eigenvalue weighted by Gasteiger charge is -2.12. The van der Waals surface area contributed by atoms with E-state index >= 15 is 0 Å². The van der Waals surface area contributed by atoms with Crippen molar-refractivity contribution in [2.45, 2.75) is 44.5 Å². The minimum absolute atomic E-state index is 0.285. The smallest absolute Gasteiger partial charge is 0.130 e. The zero-order valence-electron chi connectivity index (χ0n) is 8.41. The molecule has 13 heavy (non-hydrogen) atoms. The summed E-state index contributed by atoms with van der Waals surface area (Å²) in [4.78, 5) is 10.8. The van der Waals surface area contributed by atoms with Crippen molar-refractivity contribution in [2.75, 3.05) is 12.4 Å². The zero-order chi connectivity index (χ0) is 9.68. The van der Waals surface area contributed by atoms with Gasteiger partial charge in [0, 0.05) is 24.0 Å². The standard InChI is InChI=1S/C10H18O2S/c1-8(11)6-9(2)13-7-10-4-3-5-12-10/h9-10H,3-7H2,1-2H3. The van der Waals surface area contributed by atoms with Gasteiger partial charge in [-0.05, 0) is 19.8 Å². The molecule has 1 rings (SSSR count). The highest BCUT2D eigenvalue weighted by Crippen LogP contribution is 2.21. The molecule has 0 aromatic heterocycles. The van der Waals surface area contributed by atoms with Gasteiger partial charge in [-0.2, -0.15) is 11.8 Å². The van der Waals surface area contributed by atoms with E-state index in [1.165, 1.54) is 12.8 Å². The molecule has 0 aromatic rings. The Labute approximate surface area is 84.4 Å². The summed E-state index contributed by atoms with van der Waals surface area (Å²) < 4.78 is 5.50. The molecule has 0 aliphatic carbocycles. The third-order valence-corrected chi connectivity index (χ3v) is 3.47. The lowest BCUT2D eigenvalue weighted by atomic mass is 10.2. The fourth-order valence-electron chi connectivity index (χ4n) is 1.51. The number of thioether (sulfide) groups is 1. The predicted molar refractivity (Wildman–Crippen MR) is 56.2 cm³/mol. The van der Waals surface area contributed by atoms with E-state index in [0.29, 0.717) is 17.8 Å². The molecule has 0 aromatic carbocycles. The normalized spacial score (nSPS) is 24.6. The number of ether oxygens (including phenoxy) is 1. The van der Waals surface area contributed by atoms with Gasteiger partial charge in [0.25, 0.3) is 0 Å². The van der Waals surface area contributed by atoms with Crippen molar-refractivity contribution in [1.82, 2.24) is 0 Å². The molecule has 1 aliphatic rings. The predicted octanol–water partition coefficient (Wildman–Crippen LogP) is 2.27.